The van der Waals surface area contributed by atoms with E-state index >= 15 is 0 Å². The molecule has 6 N–H and O–H groups in total. The van der Waals surface area contributed by atoms with Crippen LogP contribution in [0.25, 0.3) is 12.2 Å². The van der Waals surface area contributed by atoms with Crippen LogP contribution in [0.2, 0.25) is 0 Å². The number of carbonyl (C=O) groups is 4. The third-order valence-corrected chi connectivity index (χ3v) is 8.27. The van der Waals surface area contributed by atoms with E-state index in [1.165, 1.54) is 62.8 Å². The monoisotopic (exact) mass is 778 g/mol. The largest absolute Gasteiger partial charge is 0.504 e. The van der Waals surface area contributed by atoms with Gasteiger partial charge in [0, 0.05) is 26.0 Å². The van der Waals surface area contributed by atoms with E-state index in [1.807, 2.05) is 0 Å². The van der Waals surface area contributed by atoms with Crippen molar-refractivity contribution >= 4 is 36.0 Å². The fourth-order valence-electron chi connectivity index (χ4n) is 5.55. The van der Waals surface area contributed by atoms with Crippen molar-refractivity contribution in [2.45, 2.75) is 68.7 Å². The number of hydrogen-bond donors (Lipinski definition) is 6. The molecule has 2 aliphatic rings. The molecule has 2 aromatic rings. The first-order valence-electron chi connectivity index (χ1n) is 16.6. The Hall–Kier alpha value is -5.28. The molecule has 2 saturated heterocycles. The second kappa shape index (κ2) is 18.8. The number of aliphatic hydroxyl groups excluding tert-OH is 4. The van der Waals surface area contributed by atoms with Gasteiger partial charge >= 0.3 is 23.9 Å². The first-order chi connectivity index (χ1) is 26.1. The maximum absolute atomic E-state index is 13.2. The Morgan fingerprint density at radius 1 is 0.745 bits per heavy atom. The van der Waals surface area contributed by atoms with Crippen molar-refractivity contribution in [1.29, 1.82) is 0 Å². The summed E-state index contributed by atoms with van der Waals surface area (Å²) in [4.78, 5) is 49.3. The van der Waals surface area contributed by atoms with Crippen LogP contribution in [0.3, 0.4) is 0 Å². The molecule has 0 aliphatic carbocycles. The molecular weight excluding hydrogens is 736 g/mol. The molecule has 2 aromatic carbocycles. The number of esters is 4. The van der Waals surface area contributed by atoms with Gasteiger partial charge < -0.3 is 73.3 Å². The second-order valence-electron chi connectivity index (χ2n) is 12.2. The van der Waals surface area contributed by atoms with Gasteiger partial charge in [0.15, 0.2) is 35.2 Å². The number of rotatable bonds is 15. The molecule has 2 aliphatic heterocycles. The third kappa shape index (κ3) is 10.7. The zero-order valence-corrected chi connectivity index (χ0v) is 30.0. The highest BCUT2D eigenvalue weighted by Crippen LogP contribution is 2.39. The molecule has 2 heterocycles. The van der Waals surface area contributed by atoms with E-state index in [-0.39, 0.29) is 23.0 Å². The summed E-state index contributed by atoms with van der Waals surface area (Å²) < 4.78 is 48.5. The zero-order chi connectivity index (χ0) is 40.4. The number of benzene rings is 2. The number of phenols is 2. The van der Waals surface area contributed by atoms with Gasteiger partial charge in [0.1, 0.15) is 50.3 Å². The van der Waals surface area contributed by atoms with E-state index < -0.39 is 98.5 Å². The van der Waals surface area contributed by atoms with Gasteiger partial charge in [-0.25, -0.2) is 9.59 Å². The Morgan fingerprint density at radius 2 is 1.31 bits per heavy atom. The fraction of sp³-hybridized carbons (Fsp3) is 0.444. The Bertz CT molecular complexity index is 1740. The molecule has 19 heteroatoms. The van der Waals surface area contributed by atoms with Gasteiger partial charge in [0.25, 0.3) is 0 Å². The lowest BCUT2D eigenvalue weighted by atomic mass is 9.98. The summed E-state index contributed by atoms with van der Waals surface area (Å²) >= 11 is 0. The predicted molar refractivity (Wildman–Crippen MR) is 183 cm³/mol. The molecule has 0 bridgehead atoms. The first kappa shape index (κ1) is 42.5. The molecule has 55 heavy (non-hydrogen) atoms. The maximum atomic E-state index is 13.2. The van der Waals surface area contributed by atoms with E-state index in [2.05, 4.69) is 0 Å². The average molecular weight is 779 g/mol. The quantitative estimate of drug-likeness (QED) is 0.0770. The molecular formula is C36H42O19. The van der Waals surface area contributed by atoms with Gasteiger partial charge in [-0.1, -0.05) is 12.1 Å². The lowest BCUT2D eigenvalue weighted by Gasteiger charge is -2.44. The van der Waals surface area contributed by atoms with Crippen LogP contribution < -0.4 is 9.47 Å². The minimum Gasteiger partial charge on any atom is -0.504 e. The van der Waals surface area contributed by atoms with Crippen molar-refractivity contribution in [3.63, 3.8) is 0 Å². The van der Waals surface area contributed by atoms with Crippen molar-refractivity contribution in [2.24, 2.45) is 0 Å². The zero-order valence-electron chi connectivity index (χ0n) is 30.0. The van der Waals surface area contributed by atoms with Gasteiger partial charge in [-0.05, 0) is 47.5 Å². The minimum atomic E-state index is -2.59. The summed E-state index contributed by atoms with van der Waals surface area (Å²) in [6, 6.07) is 8.47. The highest BCUT2D eigenvalue weighted by molar-refractivity contribution is 5.88. The van der Waals surface area contributed by atoms with Gasteiger partial charge in [0.05, 0.1) is 14.2 Å². The van der Waals surface area contributed by atoms with E-state index in [0.717, 1.165) is 26.0 Å². The number of carbonyl (C=O) groups excluding carboxylic acids is 4. The van der Waals surface area contributed by atoms with E-state index in [0.29, 0.717) is 11.1 Å². The van der Waals surface area contributed by atoms with Gasteiger partial charge in [-0.3, -0.25) is 9.59 Å². The molecule has 4 rings (SSSR count). The molecule has 0 aromatic heterocycles. The second-order valence-corrected chi connectivity index (χ2v) is 12.2. The van der Waals surface area contributed by atoms with Crippen LogP contribution in [0, 0.1) is 0 Å². The maximum Gasteiger partial charge on any atom is 0.331 e. The van der Waals surface area contributed by atoms with E-state index in [4.69, 9.17) is 42.6 Å². The molecule has 0 amide bonds. The first-order valence-corrected chi connectivity index (χ1v) is 16.6. The summed E-state index contributed by atoms with van der Waals surface area (Å²) in [5, 5.41) is 63.4. The molecule has 2 fully saturated rings. The number of methoxy groups -OCH3 is 2. The van der Waals surface area contributed by atoms with Crippen LogP contribution in [-0.2, 0) is 52.3 Å². The normalized spacial score (nSPS) is 27.8. The van der Waals surface area contributed by atoms with Crippen molar-refractivity contribution < 1.29 is 92.4 Å². The average Bonchev–Trinajstić information content (AvgIpc) is 3.41. The molecule has 0 saturated carbocycles. The Balaban J connectivity index is 1.61. The highest BCUT2D eigenvalue weighted by atomic mass is 16.8. The number of aliphatic hydroxyl groups is 4. The van der Waals surface area contributed by atoms with Crippen molar-refractivity contribution in [3.05, 3.63) is 59.7 Å². The lowest BCUT2D eigenvalue weighted by Crippen LogP contribution is -2.64. The van der Waals surface area contributed by atoms with Gasteiger partial charge in [-0.15, -0.1) is 0 Å². The van der Waals surface area contributed by atoms with Crippen molar-refractivity contribution in [2.75, 3.05) is 34.0 Å². The molecule has 19 nitrogen and oxygen atoms in total. The van der Waals surface area contributed by atoms with Crippen LogP contribution in [0.15, 0.2) is 48.6 Å². The number of phenolic OH excluding ortho intramolecular Hbond substituents is 2. The predicted octanol–water partition coefficient (Wildman–Crippen LogP) is -0.297. The molecule has 0 spiro atoms. The Kier molecular flexibility index (Phi) is 14.6. The van der Waals surface area contributed by atoms with Crippen LogP contribution in [0.5, 0.6) is 23.0 Å². The van der Waals surface area contributed by atoms with Crippen LogP contribution in [0.4, 0.5) is 0 Å². The lowest BCUT2D eigenvalue weighted by molar-refractivity contribution is -0.383. The minimum absolute atomic E-state index is 0.104. The third-order valence-electron chi connectivity index (χ3n) is 8.27. The van der Waals surface area contributed by atoms with Crippen molar-refractivity contribution in [3.8, 4) is 23.0 Å². The Morgan fingerprint density at radius 3 is 1.84 bits per heavy atom. The van der Waals surface area contributed by atoms with Crippen LogP contribution in [-0.4, -0.2) is 143 Å². The van der Waals surface area contributed by atoms with Crippen LogP contribution >= 0.6 is 0 Å². The summed E-state index contributed by atoms with van der Waals surface area (Å²) in [6.07, 6.45) is -9.75. The summed E-state index contributed by atoms with van der Waals surface area (Å²) in [6.45, 7) is -0.455. The molecule has 0 unspecified atom stereocenters. The van der Waals surface area contributed by atoms with Crippen LogP contribution in [0.1, 0.15) is 25.0 Å². The highest BCUT2D eigenvalue weighted by Gasteiger charge is 2.61. The van der Waals surface area contributed by atoms with Gasteiger partial charge in [-0.2, -0.15) is 0 Å². The SMILES string of the molecule is COc1cc(/C=C/C(=O)OC[C@H]2O[C@@](CO)(O[C@H]3O[C@H](COC(C)=O)[C@H](O)[C@H](O)[C@H]3OC(C)=O)[C@@H](OC(=O)/C=C/c3ccc(O)c(OC)c3)[C@@H]2O)ccc1O. The van der Waals surface area contributed by atoms with E-state index in [9.17, 15) is 49.8 Å². The van der Waals surface area contributed by atoms with Gasteiger partial charge in [0.2, 0.25) is 12.1 Å². The fourth-order valence-corrected chi connectivity index (χ4v) is 5.55. The Labute approximate surface area is 313 Å². The topological polar surface area (TPSA) is 273 Å². The molecule has 0 radical (unpaired) electrons. The van der Waals surface area contributed by atoms with E-state index in [1.54, 1.807) is 0 Å². The summed E-state index contributed by atoms with van der Waals surface area (Å²) in [5.41, 5.74) is 0.839. The molecule has 9 atom stereocenters. The van der Waals surface area contributed by atoms with Crippen molar-refractivity contribution in [1.82, 2.24) is 0 Å². The summed E-state index contributed by atoms with van der Waals surface area (Å²) in [5.74, 6) is -6.39. The smallest absolute Gasteiger partial charge is 0.331 e. The molecule has 300 valence electrons. The standard InChI is InChI=1S/C36H42O19/c1-18(38)49-15-26-30(44)32(46)33(51-19(2)39)35(52-26)55-36(17-37)34(53-29(43)12-8-21-6-10-23(41)25(14-21)48-4)31(45)27(54-36)16-50-28(42)11-7-20-5-9-22(40)24(13-20)47-3/h5-14,26-27,30-35,37,40-41,44-46H,15-17H2,1-4H3/b11-7+,12-8+/t26-,27-,30+,31-,32+,33-,34+,35-,36+/m1/s1. The summed E-state index contributed by atoms with van der Waals surface area (Å²) in [7, 11) is 2.67. The number of ether oxygens (including phenoxy) is 9. The number of aromatic hydroxyl groups is 2. The number of hydrogen-bond acceptors (Lipinski definition) is 19.